The minimum atomic E-state index is -3.62. The normalized spacial score (nSPS) is 13.8. The topological polar surface area (TPSA) is 101 Å². The Bertz CT molecular complexity index is 424. The number of carboxylic acids is 1. The molecular weight excluding hydrogens is 246 g/mol. The van der Waals surface area contributed by atoms with Gasteiger partial charge < -0.3 is 10.4 Å². The van der Waals surface area contributed by atoms with Gasteiger partial charge in [-0.15, -0.1) is 6.58 Å². The zero-order chi connectivity index (χ0) is 13.9. The fourth-order valence-corrected chi connectivity index (χ4v) is 1.28. The molecule has 0 aromatic carbocycles. The van der Waals surface area contributed by atoms with Gasteiger partial charge in [0.1, 0.15) is 10.8 Å². The summed E-state index contributed by atoms with van der Waals surface area (Å²) in [6.07, 6.45) is 2.29. The second-order valence-electron chi connectivity index (χ2n) is 4.17. The second-order valence-corrected chi connectivity index (χ2v) is 6.74. The molecule has 0 saturated carbocycles. The lowest BCUT2D eigenvalue weighted by Crippen LogP contribution is -2.52. The van der Waals surface area contributed by atoms with Crippen LogP contribution >= 0.6 is 0 Å². The second kappa shape index (κ2) is 5.31. The van der Waals surface area contributed by atoms with Crippen LogP contribution in [0.3, 0.4) is 0 Å². The van der Waals surface area contributed by atoms with E-state index < -0.39 is 32.5 Å². The highest BCUT2D eigenvalue weighted by Gasteiger charge is 2.39. The maximum absolute atomic E-state index is 11.7. The van der Waals surface area contributed by atoms with Gasteiger partial charge >= 0.3 is 5.97 Å². The number of sulfone groups is 1. The molecule has 0 heterocycles. The van der Waals surface area contributed by atoms with Crippen molar-refractivity contribution in [2.75, 3.05) is 6.26 Å². The summed E-state index contributed by atoms with van der Waals surface area (Å²) in [5.74, 6) is -2.07. The summed E-state index contributed by atoms with van der Waals surface area (Å²) in [5.41, 5.74) is 0. The number of amides is 1. The van der Waals surface area contributed by atoms with Crippen molar-refractivity contribution in [3.63, 3.8) is 0 Å². The first-order valence-electron chi connectivity index (χ1n) is 4.88. The van der Waals surface area contributed by atoms with Crippen molar-refractivity contribution in [2.24, 2.45) is 0 Å². The van der Waals surface area contributed by atoms with E-state index in [4.69, 9.17) is 5.11 Å². The number of hydrogen-bond donors (Lipinski definition) is 2. The van der Waals surface area contributed by atoms with E-state index in [-0.39, 0.29) is 6.42 Å². The van der Waals surface area contributed by atoms with Crippen LogP contribution < -0.4 is 5.32 Å². The Balaban J connectivity index is 4.97. The number of hydrogen-bond acceptors (Lipinski definition) is 4. The molecule has 0 aromatic rings. The third-order valence-corrected chi connectivity index (χ3v) is 4.52. The summed E-state index contributed by atoms with van der Waals surface area (Å²) in [6.45, 7) is 5.82. The zero-order valence-corrected chi connectivity index (χ0v) is 10.9. The molecule has 2 N–H and O–H groups in total. The van der Waals surface area contributed by atoms with Crippen LogP contribution in [0.1, 0.15) is 20.3 Å². The summed E-state index contributed by atoms with van der Waals surface area (Å²) in [6, 6.07) is -1.17. The van der Waals surface area contributed by atoms with E-state index in [0.29, 0.717) is 0 Å². The Morgan fingerprint density at radius 1 is 1.47 bits per heavy atom. The van der Waals surface area contributed by atoms with Crippen LogP contribution in [0.5, 0.6) is 0 Å². The fourth-order valence-electron chi connectivity index (χ4n) is 0.889. The average molecular weight is 263 g/mol. The van der Waals surface area contributed by atoms with Gasteiger partial charge in [0.05, 0.1) is 0 Å². The molecule has 0 aliphatic heterocycles. The Morgan fingerprint density at radius 3 is 2.24 bits per heavy atom. The minimum absolute atomic E-state index is 0.0287. The van der Waals surface area contributed by atoms with Gasteiger partial charge in [-0.1, -0.05) is 6.08 Å². The van der Waals surface area contributed by atoms with E-state index in [1.54, 1.807) is 0 Å². The van der Waals surface area contributed by atoms with Crippen molar-refractivity contribution in [2.45, 2.75) is 31.1 Å². The third-order valence-electron chi connectivity index (χ3n) is 2.48. The first-order chi connectivity index (χ1) is 7.54. The van der Waals surface area contributed by atoms with Gasteiger partial charge in [-0.3, -0.25) is 4.79 Å². The molecule has 1 unspecified atom stereocenters. The lowest BCUT2D eigenvalue weighted by atomic mass is 10.1. The van der Waals surface area contributed by atoms with Crippen molar-refractivity contribution in [3.8, 4) is 0 Å². The van der Waals surface area contributed by atoms with Gasteiger partial charge in [0.25, 0.3) is 0 Å². The molecule has 0 aliphatic rings. The van der Waals surface area contributed by atoms with Gasteiger partial charge in [0.2, 0.25) is 5.91 Å². The van der Waals surface area contributed by atoms with Crippen molar-refractivity contribution >= 4 is 21.7 Å². The Hall–Kier alpha value is -1.37. The molecule has 0 fully saturated rings. The van der Waals surface area contributed by atoms with E-state index in [2.05, 4.69) is 11.9 Å². The zero-order valence-electron chi connectivity index (χ0n) is 10.1. The molecule has 0 spiro atoms. The van der Waals surface area contributed by atoms with Crippen molar-refractivity contribution in [1.29, 1.82) is 0 Å². The summed E-state index contributed by atoms with van der Waals surface area (Å²) < 4.78 is 21.1. The molecule has 0 bridgehead atoms. The highest BCUT2D eigenvalue weighted by atomic mass is 32.2. The van der Waals surface area contributed by atoms with Crippen LogP contribution in [0, 0.1) is 0 Å². The molecule has 0 rings (SSSR count). The molecule has 98 valence electrons. The van der Waals surface area contributed by atoms with Crippen LogP contribution in [0.25, 0.3) is 0 Å². The summed E-state index contributed by atoms with van der Waals surface area (Å²) >= 11 is 0. The van der Waals surface area contributed by atoms with Gasteiger partial charge in [-0.25, -0.2) is 13.2 Å². The van der Waals surface area contributed by atoms with Crippen LogP contribution in [0.15, 0.2) is 12.7 Å². The minimum Gasteiger partial charge on any atom is -0.480 e. The van der Waals surface area contributed by atoms with Crippen LogP contribution in [-0.2, 0) is 19.4 Å². The fraction of sp³-hybridized carbons (Fsp3) is 0.600. The average Bonchev–Trinajstić information content (AvgIpc) is 2.14. The molecule has 0 aromatic heterocycles. The predicted octanol–water partition coefficient (Wildman–Crippen LogP) is -0.0449. The van der Waals surface area contributed by atoms with E-state index in [0.717, 1.165) is 6.26 Å². The Morgan fingerprint density at radius 2 is 1.94 bits per heavy atom. The van der Waals surface area contributed by atoms with Crippen LogP contribution in [-0.4, -0.2) is 42.4 Å². The summed E-state index contributed by atoms with van der Waals surface area (Å²) in [5, 5.41) is 11.0. The highest BCUT2D eigenvalue weighted by Crippen LogP contribution is 2.15. The van der Waals surface area contributed by atoms with Gasteiger partial charge in [0.15, 0.2) is 9.84 Å². The number of carboxylic acid groups (broad SMARTS) is 1. The smallest absolute Gasteiger partial charge is 0.326 e. The molecule has 0 saturated heterocycles. The van der Waals surface area contributed by atoms with E-state index in [1.807, 2.05) is 0 Å². The first kappa shape index (κ1) is 15.6. The van der Waals surface area contributed by atoms with E-state index >= 15 is 0 Å². The van der Waals surface area contributed by atoms with Crippen molar-refractivity contribution in [3.05, 3.63) is 12.7 Å². The maximum Gasteiger partial charge on any atom is 0.326 e. The standard InChI is InChI=1S/C10H17NO5S/c1-5-6-7(8(12)13)11-9(14)10(2,3)17(4,15)16/h5,7H,1,6H2,2-4H3,(H,11,14)(H,12,13). The molecule has 6 nitrogen and oxygen atoms in total. The highest BCUT2D eigenvalue weighted by molar-refractivity contribution is 7.92. The lowest BCUT2D eigenvalue weighted by Gasteiger charge is -2.23. The van der Waals surface area contributed by atoms with E-state index in [1.165, 1.54) is 19.9 Å². The summed E-state index contributed by atoms with van der Waals surface area (Å²) in [7, 11) is -3.62. The Labute approximate surface area is 101 Å². The molecule has 17 heavy (non-hydrogen) atoms. The molecule has 1 atom stereocenters. The van der Waals surface area contributed by atoms with Crippen LogP contribution in [0.2, 0.25) is 0 Å². The molecule has 0 radical (unpaired) electrons. The largest absolute Gasteiger partial charge is 0.480 e. The first-order valence-corrected chi connectivity index (χ1v) is 6.77. The predicted molar refractivity (Wildman–Crippen MR) is 63.3 cm³/mol. The molecule has 0 aliphatic carbocycles. The number of rotatable bonds is 6. The van der Waals surface area contributed by atoms with Gasteiger partial charge in [0, 0.05) is 6.26 Å². The van der Waals surface area contributed by atoms with Gasteiger partial charge in [-0.05, 0) is 20.3 Å². The number of carbonyl (C=O) groups excluding carboxylic acids is 1. The number of nitrogens with one attached hydrogen (secondary N) is 1. The van der Waals surface area contributed by atoms with Gasteiger partial charge in [-0.2, -0.15) is 0 Å². The molecule has 1 amide bonds. The third kappa shape index (κ3) is 3.85. The quantitative estimate of drug-likeness (QED) is 0.655. The molecular formula is C10H17NO5S. The number of aliphatic carboxylic acids is 1. The maximum atomic E-state index is 11.7. The number of carbonyl (C=O) groups is 2. The molecule has 7 heteroatoms. The summed E-state index contributed by atoms with van der Waals surface area (Å²) in [4.78, 5) is 22.5. The monoisotopic (exact) mass is 263 g/mol. The van der Waals surface area contributed by atoms with Crippen molar-refractivity contribution in [1.82, 2.24) is 5.32 Å². The van der Waals surface area contributed by atoms with Crippen molar-refractivity contribution < 1.29 is 23.1 Å². The van der Waals surface area contributed by atoms with E-state index in [9.17, 15) is 18.0 Å². The van der Waals surface area contributed by atoms with Crippen LogP contribution in [0.4, 0.5) is 0 Å². The lowest BCUT2D eigenvalue weighted by molar-refractivity contribution is -0.142. The Kier molecular flexibility index (Phi) is 4.88. The SMILES string of the molecule is C=CCC(NC(=O)C(C)(C)S(C)(=O)=O)C(=O)O.